The van der Waals surface area contributed by atoms with Crippen molar-refractivity contribution in [2.75, 3.05) is 13.1 Å². The Morgan fingerprint density at radius 2 is 1.94 bits per heavy atom. The number of carbonyl (C=O) groups is 1. The van der Waals surface area contributed by atoms with E-state index in [2.05, 4.69) is 5.32 Å². The van der Waals surface area contributed by atoms with Gasteiger partial charge in [0.15, 0.2) is 0 Å². The molecule has 0 saturated carbocycles. The Hall–Kier alpha value is -0.710. The van der Waals surface area contributed by atoms with Gasteiger partial charge < -0.3 is 10.2 Å². The van der Waals surface area contributed by atoms with E-state index >= 15 is 0 Å². The predicted octanol–water partition coefficient (Wildman–Crippen LogP) is 1.88. The zero-order valence-electron chi connectivity index (χ0n) is 11.0. The standard InChI is InChI=1S/C12H22F2N2O/c1-8(2)15-11(17)12(13,14)10-5-6-16(7-10)9(3)4/h8-10H,5-7H2,1-4H3,(H,15,17). The lowest BCUT2D eigenvalue weighted by Crippen LogP contribution is -2.48. The van der Waals surface area contributed by atoms with E-state index in [1.807, 2.05) is 18.7 Å². The van der Waals surface area contributed by atoms with Gasteiger partial charge in [-0.1, -0.05) is 0 Å². The zero-order valence-corrected chi connectivity index (χ0v) is 11.0. The molecule has 1 amide bonds. The first-order chi connectivity index (χ1) is 7.75. The molecule has 1 heterocycles. The van der Waals surface area contributed by atoms with Crippen LogP contribution in [0.3, 0.4) is 0 Å². The van der Waals surface area contributed by atoms with Gasteiger partial charge in [0.05, 0.1) is 0 Å². The van der Waals surface area contributed by atoms with Crippen LogP contribution >= 0.6 is 0 Å². The molecule has 0 aromatic rings. The molecule has 100 valence electrons. The molecule has 0 bridgehead atoms. The van der Waals surface area contributed by atoms with Crippen LogP contribution in [0.25, 0.3) is 0 Å². The van der Waals surface area contributed by atoms with Crippen molar-refractivity contribution in [2.24, 2.45) is 5.92 Å². The van der Waals surface area contributed by atoms with E-state index < -0.39 is 17.7 Å². The van der Waals surface area contributed by atoms with Crippen LogP contribution in [0.5, 0.6) is 0 Å². The molecule has 1 aliphatic heterocycles. The minimum Gasteiger partial charge on any atom is -0.349 e. The summed E-state index contributed by atoms with van der Waals surface area (Å²) in [5, 5.41) is 2.30. The molecule has 0 aliphatic carbocycles. The van der Waals surface area contributed by atoms with Crippen molar-refractivity contribution >= 4 is 5.91 Å². The number of nitrogens with one attached hydrogen (secondary N) is 1. The molecule has 0 radical (unpaired) electrons. The molecule has 5 heteroatoms. The van der Waals surface area contributed by atoms with Crippen molar-refractivity contribution in [2.45, 2.75) is 52.1 Å². The summed E-state index contributed by atoms with van der Waals surface area (Å²) in [6.45, 7) is 8.28. The van der Waals surface area contributed by atoms with E-state index in [1.54, 1.807) is 13.8 Å². The summed E-state index contributed by atoms with van der Waals surface area (Å²) in [5.41, 5.74) is 0. The molecule has 3 nitrogen and oxygen atoms in total. The minimum absolute atomic E-state index is 0.254. The third-order valence-corrected chi connectivity index (χ3v) is 3.19. The van der Waals surface area contributed by atoms with E-state index in [-0.39, 0.29) is 12.1 Å². The number of rotatable bonds is 4. The maximum Gasteiger partial charge on any atom is 0.328 e. The quantitative estimate of drug-likeness (QED) is 0.824. The number of nitrogens with zero attached hydrogens (tertiary/aromatic N) is 1. The summed E-state index contributed by atoms with van der Waals surface area (Å²) < 4.78 is 27.8. The van der Waals surface area contributed by atoms with Crippen LogP contribution in [0, 0.1) is 5.92 Å². The summed E-state index contributed by atoms with van der Waals surface area (Å²) in [6, 6.07) is -0.0000557. The first kappa shape index (κ1) is 14.4. The summed E-state index contributed by atoms with van der Waals surface area (Å²) in [4.78, 5) is 13.4. The van der Waals surface area contributed by atoms with Crippen LogP contribution < -0.4 is 5.32 Å². The van der Waals surface area contributed by atoms with Crippen molar-refractivity contribution in [1.29, 1.82) is 0 Å². The summed E-state index contributed by atoms with van der Waals surface area (Å²) >= 11 is 0. The van der Waals surface area contributed by atoms with Gasteiger partial charge in [-0.3, -0.25) is 4.79 Å². The van der Waals surface area contributed by atoms with Crippen molar-refractivity contribution < 1.29 is 13.6 Å². The van der Waals surface area contributed by atoms with Gasteiger partial charge in [-0.05, 0) is 40.7 Å². The van der Waals surface area contributed by atoms with Gasteiger partial charge >= 0.3 is 5.92 Å². The largest absolute Gasteiger partial charge is 0.349 e. The first-order valence-electron chi connectivity index (χ1n) is 6.18. The summed E-state index contributed by atoms with van der Waals surface area (Å²) in [5.74, 6) is -5.25. The smallest absolute Gasteiger partial charge is 0.328 e. The maximum absolute atomic E-state index is 13.9. The average Bonchev–Trinajstić information content (AvgIpc) is 2.65. The van der Waals surface area contributed by atoms with Gasteiger partial charge in [0, 0.05) is 24.5 Å². The molecule has 0 spiro atoms. The van der Waals surface area contributed by atoms with Crippen LogP contribution in [0.1, 0.15) is 34.1 Å². The fourth-order valence-corrected chi connectivity index (χ4v) is 2.10. The highest BCUT2D eigenvalue weighted by Crippen LogP contribution is 2.33. The number of alkyl halides is 2. The third-order valence-electron chi connectivity index (χ3n) is 3.19. The molecular formula is C12H22F2N2O. The van der Waals surface area contributed by atoms with Crippen LogP contribution in [0.2, 0.25) is 0 Å². The fourth-order valence-electron chi connectivity index (χ4n) is 2.10. The van der Waals surface area contributed by atoms with Crippen molar-refractivity contribution in [3.8, 4) is 0 Å². The monoisotopic (exact) mass is 248 g/mol. The second kappa shape index (κ2) is 5.29. The lowest BCUT2D eigenvalue weighted by molar-refractivity contribution is -0.153. The molecule has 0 aromatic carbocycles. The van der Waals surface area contributed by atoms with E-state index in [0.29, 0.717) is 19.5 Å². The van der Waals surface area contributed by atoms with Gasteiger partial charge in [0.1, 0.15) is 0 Å². The second-order valence-electron chi connectivity index (χ2n) is 5.33. The Balaban J connectivity index is 2.62. The van der Waals surface area contributed by atoms with E-state index in [4.69, 9.17) is 0 Å². The van der Waals surface area contributed by atoms with E-state index in [9.17, 15) is 13.6 Å². The van der Waals surface area contributed by atoms with Gasteiger partial charge in [0.25, 0.3) is 5.91 Å². The van der Waals surface area contributed by atoms with Gasteiger partial charge in [-0.25, -0.2) is 0 Å². The van der Waals surface area contributed by atoms with E-state index in [0.717, 1.165) is 0 Å². The first-order valence-corrected chi connectivity index (χ1v) is 6.18. The van der Waals surface area contributed by atoms with Crippen molar-refractivity contribution in [3.63, 3.8) is 0 Å². The Kier molecular flexibility index (Phi) is 4.47. The Morgan fingerprint density at radius 3 is 2.35 bits per heavy atom. The molecule has 1 atom stereocenters. The normalized spacial score (nSPS) is 22.5. The molecule has 1 saturated heterocycles. The molecule has 1 rings (SSSR count). The highest BCUT2D eigenvalue weighted by atomic mass is 19.3. The number of amides is 1. The summed E-state index contributed by atoms with van der Waals surface area (Å²) in [6.07, 6.45) is 0.386. The lowest BCUT2D eigenvalue weighted by Gasteiger charge is -2.25. The number of hydrogen-bond acceptors (Lipinski definition) is 2. The third kappa shape index (κ3) is 3.37. The number of likely N-dealkylation sites (tertiary alicyclic amines) is 1. The topological polar surface area (TPSA) is 32.3 Å². The highest BCUT2D eigenvalue weighted by molar-refractivity contribution is 5.84. The predicted molar refractivity (Wildman–Crippen MR) is 63.0 cm³/mol. The molecule has 17 heavy (non-hydrogen) atoms. The van der Waals surface area contributed by atoms with Crippen LogP contribution in [0.15, 0.2) is 0 Å². The van der Waals surface area contributed by atoms with Crippen molar-refractivity contribution in [3.05, 3.63) is 0 Å². The molecular weight excluding hydrogens is 226 g/mol. The van der Waals surface area contributed by atoms with Crippen LogP contribution in [0.4, 0.5) is 8.78 Å². The summed E-state index contributed by atoms with van der Waals surface area (Å²) in [7, 11) is 0. The van der Waals surface area contributed by atoms with E-state index in [1.165, 1.54) is 0 Å². The second-order valence-corrected chi connectivity index (χ2v) is 5.33. The SMILES string of the molecule is CC(C)NC(=O)C(F)(F)C1CCN(C(C)C)C1. The van der Waals surface area contributed by atoms with Crippen LogP contribution in [-0.4, -0.2) is 41.9 Å². The lowest BCUT2D eigenvalue weighted by atomic mass is 9.99. The Labute approximate surface area is 102 Å². The van der Waals surface area contributed by atoms with Crippen molar-refractivity contribution in [1.82, 2.24) is 10.2 Å². The molecule has 1 N–H and O–H groups in total. The molecule has 1 aliphatic rings. The van der Waals surface area contributed by atoms with Gasteiger partial charge in [0.2, 0.25) is 0 Å². The Bertz CT molecular complexity index is 280. The number of hydrogen-bond donors (Lipinski definition) is 1. The van der Waals surface area contributed by atoms with Gasteiger partial charge in [-0.2, -0.15) is 8.78 Å². The highest BCUT2D eigenvalue weighted by Gasteiger charge is 2.49. The average molecular weight is 248 g/mol. The maximum atomic E-state index is 13.9. The number of carbonyl (C=O) groups excluding carboxylic acids is 1. The fraction of sp³-hybridized carbons (Fsp3) is 0.917. The molecule has 1 fully saturated rings. The zero-order chi connectivity index (χ0) is 13.2. The van der Waals surface area contributed by atoms with Gasteiger partial charge in [-0.15, -0.1) is 0 Å². The minimum atomic E-state index is -3.26. The van der Waals surface area contributed by atoms with Crippen LogP contribution in [-0.2, 0) is 4.79 Å². The molecule has 1 unspecified atom stereocenters. The Morgan fingerprint density at radius 1 is 1.35 bits per heavy atom. The number of halogens is 2. The molecule has 0 aromatic heterocycles.